The Bertz CT molecular complexity index is 61.5. The molecule has 0 unspecified atom stereocenters. The maximum Gasteiger partial charge on any atom is 0.143 e. The van der Waals surface area contributed by atoms with E-state index in [1.807, 2.05) is 7.28 Å². The zero-order chi connectivity index (χ0) is 6.62. The summed E-state index contributed by atoms with van der Waals surface area (Å²) in [5, 5.41) is 0. The Labute approximate surface area is 62.5 Å². The van der Waals surface area contributed by atoms with E-state index in [4.69, 9.17) is 22.7 Å². The number of alkyl halides is 1. The lowest BCUT2D eigenvalue weighted by atomic mass is 9.86. The SMILES string of the molecule is C[Si](C)(Cl)C[B]CCl. The van der Waals surface area contributed by atoms with Gasteiger partial charge in [0.05, 0.1) is 0 Å². The molecule has 8 heavy (non-hydrogen) atoms. The van der Waals surface area contributed by atoms with E-state index in [-0.39, 0.29) is 0 Å². The fraction of sp³-hybridized carbons (Fsp3) is 1.00. The van der Waals surface area contributed by atoms with Crippen molar-refractivity contribution in [1.29, 1.82) is 0 Å². The zero-order valence-electron chi connectivity index (χ0n) is 5.25. The summed E-state index contributed by atoms with van der Waals surface area (Å²) in [7, 11) is 0.683. The van der Waals surface area contributed by atoms with Crippen LogP contribution in [-0.4, -0.2) is 20.4 Å². The first-order valence-corrected chi connectivity index (χ1v) is 7.38. The van der Waals surface area contributed by atoms with Crippen LogP contribution >= 0.6 is 22.7 Å². The summed E-state index contributed by atoms with van der Waals surface area (Å²) in [6, 6.07) is 0. The molecule has 0 nitrogen and oxygen atoms in total. The Morgan fingerprint density at radius 2 is 2.00 bits per heavy atom. The van der Waals surface area contributed by atoms with Gasteiger partial charge in [0, 0.05) is 0 Å². The van der Waals surface area contributed by atoms with Crippen LogP contribution in [0.15, 0.2) is 0 Å². The summed E-state index contributed by atoms with van der Waals surface area (Å²) in [5.41, 5.74) is 0. The lowest BCUT2D eigenvalue weighted by Gasteiger charge is -2.09. The number of hydrogen-bond acceptors (Lipinski definition) is 0. The maximum absolute atomic E-state index is 5.96. The van der Waals surface area contributed by atoms with Crippen molar-refractivity contribution in [1.82, 2.24) is 0 Å². The highest BCUT2D eigenvalue weighted by molar-refractivity contribution is 7.21. The molecule has 0 rings (SSSR count). The van der Waals surface area contributed by atoms with Crippen molar-refractivity contribution in [2.75, 3.05) is 5.78 Å². The molecule has 0 aromatic rings. The van der Waals surface area contributed by atoms with Gasteiger partial charge in [-0.1, -0.05) is 19.0 Å². The van der Waals surface area contributed by atoms with Crippen LogP contribution in [0.3, 0.4) is 0 Å². The summed E-state index contributed by atoms with van der Waals surface area (Å²) in [6.45, 7) is 4.22. The molecule has 0 saturated carbocycles. The lowest BCUT2D eigenvalue weighted by molar-refractivity contribution is 1.74. The lowest BCUT2D eigenvalue weighted by Crippen LogP contribution is -2.19. The Morgan fingerprint density at radius 3 is 2.12 bits per heavy atom. The van der Waals surface area contributed by atoms with Crippen LogP contribution in [0.25, 0.3) is 0 Å². The minimum atomic E-state index is -1.35. The molecule has 0 fully saturated rings. The largest absolute Gasteiger partial charge is 0.168 e. The van der Waals surface area contributed by atoms with E-state index < -0.39 is 7.38 Å². The van der Waals surface area contributed by atoms with Gasteiger partial charge in [0.25, 0.3) is 0 Å². The molecule has 0 heterocycles. The third-order valence-corrected chi connectivity index (χ3v) is 2.68. The molecule has 0 aliphatic rings. The first-order valence-electron chi connectivity index (χ1n) is 2.63. The zero-order valence-corrected chi connectivity index (χ0v) is 7.76. The first-order chi connectivity index (χ1) is 3.56. The first kappa shape index (κ1) is 8.86. The summed E-state index contributed by atoms with van der Waals surface area (Å²) in [5.74, 6) is 1.64. The molecule has 0 spiro atoms. The Kier molecular flexibility index (Phi) is 4.22. The topological polar surface area (TPSA) is 0 Å². The third-order valence-electron chi connectivity index (χ3n) is 0.739. The van der Waals surface area contributed by atoms with Gasteiger partial charge in [-0.05, 0) is 5.78 Å². The fourth-order valence-corrected chi connectivity index (χ4v) is 1.85. The minimum Gasteiger partial charge on any atom is -0.168 e. The molecular formula is C4H10BCl2Si. The monoisotopic (exact) mass is 167 g/mol. The molecule has 0 aromatic heterocycles. The molecule has 0 bridgehead atoms. The number of hydrogen-bond donors (Lipinski definition) is 0. The van der Waals surface area contributed by atoms with Crippen molar-refractivity contribution < 1.29 is 0 Å². The molecule has 0 aliphatic heterocycles. The van der Waals surface area contributed by atoms with Crippen LogP contribution in [0.4, 0.5) is 0 Å². The highest BCUT2D eigenvalue weighted by Crippen LogP contribution is 2.11. The predicted octanol–water partition coefficient (Wildman–Crippen LogP) is 2.29. The van der Waals surface area contributed by atoms with Crippen LogP contribution in [-0.2, 0) is 0 Å². The average Bonchev–Trinajstić information content (AvgIpc) is 1.59. The van der Waals surface area contributed by atoms with Gasteiger partial charge in [-0.25, -0.2) is 0 Å². The molecule has 0 atom stereocenters. The van der Waals surface area contributed by atoms with Gasteiger partial charge in [-0.3, -0.25) is 0 Å². The van der Waals surface area contributed by atoms with Crippen LogP contribution < -0.4 is 0 Å². The molecule has 0 aromatic carbocycles. The molecule has 0 saturated heterocycles. The van der Waals surface area contributed by atoms with Crippen LogP contribution in [0, 0.1) is 0 Å². The van der Waals surface area contributed by atoms with Crippen LogP contribution in [0.2, 0.25) is 19.0 Å². The number of rotatable bonds is 3. The minimum absolute atomic E-state index is 0.628. The number of halogens is 2. The Hall–Kier alpha value is 0.862. The van der Waals surface area contributed by atoms with Crippen molar-refractivity contribution >= 4 is 37.3 Å². The van der Waals surface area contributed by atoms with Gasteiger partial charge < -0.3 is 0 Å². The molecule has 0 aliphatic carbocycles. The van der Waals surface area contributed by atoms with Crippen LogP contribution in [0.1, 0.15) is 0 Å². The highest BCUT2D eigenvalue weighted by Gasteiger charge is 2.15. The van der Waals surface area contributed by atoms with Crippen molar-refractivity contribution in [3.63, 3.8) is 0 Å². The highest BCUT2D eigenvalue weighted by atomic mass is 35.6. The van der Waals surface area contributed by atoms with E-state index in [0.29, 0.717) is 5.78 Å². The van der Waals surface area contributed by atoms with Crippen LogP contribution in [0.5, 0.6) is 0 Å². The van der Waals surface area contributed by atoms with Gasteiger partial charge in [-0.15, -0.1) is 11.6 Å². The van der Waals surface area contributed by atoms with Crippen molar-refractivity contribution in [3.8, 4) is 0 Å². The molecule has 47 valence electrons. The van der Waals surface area contributed by atoms with Gasteiger partial charge in [0.15, 0.2) is 0 Å². The summed E-state index contributed by atoms with van der Waals surface area (Å²) >= 11 is 11.4. The van der Waals surface area contributed by atoms with Gasteiger partial charge in [0.1, 0.15) is 14.7 Å². The summed E-state index contributed by atoms with van der Waals surface area (Å²) in [6.07, 6.45) is 0. The smallest absolute Gasteiger partial charge is 0.143 e. The second-order valence-corrected chi connectivity index (χ2v) is 9.59. The summed E-state index contributed by atoms with van der Waals surface area (Å²) in [4.78, 5) is 0. The third kappa shape index (κ3) is 6.86. The summed E-state index contributed by atoms with van der Waals surface area (Å²) < 4.78 is 0. The second-order valence-electron chi connectivity index (χ2n) is 2.37. The quantitative estimate of drug-likeness (QED) is 0.344. The maximum atomic E-state index is 5.96. The average molecular weight is 168 g/mol. The van der Waals surface area contributed by atoms with Crippen molar-refractivity contribution in [2.45, 2.75) is 19.0 Å². The van der Waals surface area contributed by atoms with E-state index >= 15 is 0 Å². The molecule has 0 N–H and O–H groups in total. The molecule has 0 amide bonds. The van der Waals surface area contributed by atoms with E-state index in [0.717, 1.165) is 5.94 Å². The van der Waals surface area contributed by atoms with Crippen molar-refractivity contribution in [3.05, 3.63) is 0 Å². The van der Waals surface area contributed by atoms with Gasteiger partial charge in [-0.2, -0.15) is 11.1 Å². The predicted molar refractivity (Wildman–Crippen MR) is 44.6 cm³/mol. The van der Waals surface area contributed by atoms with E-state index in [1.54, 1.807) is 0 Å². The van der Waals surface area contributed by atoms with Gasteiger partial charge in [0.2, 0.25) is 0 Å². The molecule has 4 heteroatoms. The second kappa shape index (κ2) is 3.81. The van der Waals surface area contributed by atoms with Crippen molar-refractivity contribution in [2.24, 2.45) is 0 Å². The molecular weight excluding hydrogens is 158 g/mol. The normalized spacial score (nSPS) is 11.5. The standard InChI is InChI=1S/C4H10BCl2Si/c1-8(2,7)4-5-3-6/h3-4H2,1-2H3. The van der Waals surface area contributed by atoms with Gasteiger partial charge >= 0.3 is 0 Å². The Morgan fingerprint density at radius 1 is 1.50 bits per heavy atom. The molecule has 1 radical (unpaired) electrons. The Balaban J connectivity index is 3.11. The fourth-order valence-electron chi connectivity index (χ4n) is 0.398. The van der Waals surface area contributed by atoms with E-state index in [1.165, 1.54) is 0 Å². The van der Waals surface area contributed by atoms with E-state index in [2.05, 4.69) is 13.1 Å². The van der Waals surface area contributed by atoms with E-state index in [9.17, 15) is 0 Å².